The Morgan fingerprint density at radius 3 is 2.44 bits per heavy atom. The molecule has 0 fully saturated rings. The van der Waals surface area contributed by atoms with Gasteiger partial charge in [0.05, 0.1) is 0 Å². The van der Waals surface area contributed by atoms with E-state index < -0.39 is 11.6 Å². The molecule has 90 valence electrons. The Morgan fingerprint density at radius 1 is 1.31 bits per heavy atom. The van der Waals surface area contributed by atoms with Crippen molar-refractivity contribution < 1.29 is 8.78 Å². The molecule has 0 bridgehead atoms. The zero-order chi connectivity index (χ0) is 12.3. The summed E-state index contributed by atoms with van der Waals surface area (Å²) in [6, 6.07) is 3.70. The summed E-state index contributed by atoms with van der Waals surface area (Å²) < 4.78 is 26.1. The van der Waals surface area contributed by atoms with Crippen LogP contribution in [0.1, 0.15) is 19.4 Å². The van der Waals surface area contributed by atoms with Gasteiger partial charge in [0.15, 0.2) is 0 Å². The molecule has 1 nitrogen and oxygen atoms in total. The van der Waals surface area contributed by atoms with E-state index in [1.807, 2.05) is 11.9 Å². The summed E-state index contributed by atoms with van der Waals surface area (Å²) in [4.78, 5) is 2.03. The highest BCUT2D eigenvalue weighted by molar-refractivity contribution is 9.09. The van der Waals surface area contributed by atoms with Crippen molar-refractivity contribution in [1.29, 1.82) is 0 Å². The summed E-state index contributed by atoms with van der Waals surface area (Å²) in [5.41, 5.74) is 0.443. The number of hydrogen-bond donors (Lipinski definition) is 0. The molecule has 0 atom stereocenters. The normalized spacial score (nSPS) is 12.2. The van der Waals surface area contributed by atoms with E-state index in [0.29, 0.717) is 12.1 Å². The molecule has 0 amide bonds. The number of benzene rings is 1. The maximum Gasteiger partial charge on any atom is 0.130 e. The average molecular weight is 292 g/mol. The topological polar surface area (TPSA) is 3.24 Å². The SMILES string of the molecule is CN(Cc1ccc(F)cc1F)C(C)(C)CBr. The Balaban J connectivity index is 2.81. The van der Waals surface area contributed by atoms with Crippen molar-refractivity contribution in [3.63, 3.8) is 0 Å². The van der Waals surface area contributed by atoms with E-state index in [1.165, 1.54) is 12.1 Å². The lowest BCUT2D eigenvalue weighted by atomic mass is 10.1. The van der Waals surface area contributed by atoms with E-state index >= 15 is 0 Å². The van der Waals surface area contributed by atoms with Gasteiger partial charge < -0.3 is 0 Å². The third kappa shape index (κ3) is 3.25. The third-order valence-electron chi connectivity index (χ3n) is 2.78. The lowest BCUT2D eigenvalue weighted by Gasteiger charge is -2.34. The summed E-state index contributed by atoms with van der Waals surface area (Å²) in [5, 5.41) is 0.791. The maximum atomic E-state index is 13.4. The van der Waals surface area contributed by atoms with Gasteiger partial charge in [-0.25, -0.2) is 8.78 Å². The quantitative estimate of drug-likeness (QED) is 0.767. The highest BCUT2D eigenvalue weighted by Gasteiger charge is 2.22. The van der Waals surface area contributed by atoms with Gasteiger partial charge in [-0.1, -0.05) is 22.0 Å². The molecule has 0 aliphatic heterocycles. The second-order valence-electron chi connectivity index (χ2n) is 4.54. The van der Waals surface area contributed by atoms with E-state index in [0.717, 1.165) is 11.4 Å². The van der Waals surface area contributed by atoms with Crippen LogP contribution in [0.25, 0.3) is 0 Å². The number of nitrogens with zero attached hydrogens (tertiary/aromatic N) is 1. The molecular weight excluding hydrogens is 276 g/mol. The molecule has 0 unspecified atom stereocenters. The first kappa shape index (κ1) is 13.6. The molecule has 4 heteroatoms. The molecule has 0 aliphatic carbocycles. The van der Waals surface area contributed by atoms with Gasteiger partial charge in [0.25, 0.3) is 0 Å². The predicted molar refractivity (Wildman–Crippen MR) is 65.7 cm³/mol. The molecule has 0 aliphatic rings. The smallest absolute Gasteiger partial charge is 0.130 e. The van der Waals surface area contributed by atoms with Crippen molar-refractivity contribution in [2.24, 2.45) is 0 Å². The lowest BCUT2D eigenvalue weighted by molar-refractivity contribution is 0.171. The molecule has 0 saturated carbocycles. The van der Waals surface area contributed by atoms with E-state index in [-0.39, 0.29) is 5.54 Å². The van der Waals surface area contributed by atoms with Crippen LogP contribution < -0.4 is 0 Å². The Morgan fingerprint density at radius 2 is 1.94 bits per heavy atom. The fourth-order valence-corrected chi connectivity index (χ4v) is 1.65. The minimum Gasteiger partial charge on any atom is -0.296 e. The fourth-order valence-electron chi connectivity index (χ4n) is 1.22. The Hall–Kier alpha value is -0.480. The summed E-state index contributed by atoms with van der Waals surface area (Å²) in [5.74, 6) is -1.03. The first-order valence-electron chi connectivity index (χ1n) is 5.08. The highest BCUT2D eigenvalue weighted by Crippen LogP contribution is 2.19. The van der Waals surface area contributed by atoms with Crippen LogP contribution in [0, 0.1) is 11.6 Å². The largest absolute Gasteiger partial charge is 0.296 e. The molecule has 16 heavy (non-hydrogen) atoms. The van der Waals surface area contributed by atoms with Gasteiger partial charge in [-0.05, 0) is 27.0 Å². The molecule has 0 heterocycles. The molecule has 1 aromatic carbocycles. The molecule has 0 radical (unpaired) electrons. The zero-order valence-corrected chi connectivity index (χ0v) is 11.3. The number of halogens is 3. The molecule has 0 spiro atoms. The van der Waals surface area contributed by atoms with Crippen molar-refractivity contribution in [3.05, 3.63) is 35.4 Å². The number of alkyl halides is 1. The van der Waals surface area contributed by atoms with Crippen LogP contribution in [0.15, 0.2) is 18.2 Å². The minimum atomic E-state index is -0.538. The van der Waals surface area contributed by atoms with Crippen LogP contribution >= 0.6 is 15.9 Å². The predicted octanol–water partition coefficient (Wildman–Crippen LogP) is 3.57. The van der Waals surface area contributed by atoms with Crippen LogP contribution in [-0.4, -0.2) is 22.8 Å². The summed E-state index contributed by atoms with van der Waals surface area (Å²) >= 11 is 3.42. The standard InChI is InChI=1S/C12H16BrF2N/c1-12(2,8-13)16(3)7-9-4-5-10(14)6-11(9)15/h4-6H,7-8H2,1-3H3. The van der Waals surface area contributed by atoms with Gasteiger partial charge in [0, 0.05) is 29.0 Å². The monoisotopic (exact) mass is 291 g/mol. The van der Waals surface area contributed by atoms with E-state index in [2.05, 4.69) is 29.8 Å². The second kappa shape index (κ2) is 5.23. The van der Waals surface area contributed by atoms with Crippen molar-refractivity contribution in [3.8, 4) is 0 Å². The van der Waals surface area contributed by atoms with Gasteiger partial charge in [0.2, 0.25) is 0 Å². The summed E-state index contributed by atoms with van der Waals surface area (Å²) in [6.45, 7) is 4.58. The molecule has 1 rings (SSSR count). The average Bonchev–Trinajstić information content (AvgIpc) is 2.22. The van der Waals surface area contributed by atoms with Crippen molar-refractivity contribution >= 4 is 15.9 Å². The first-order chi connectivity index (χ1) is 7.36. The van der Waals surface area contributed by atoms with Crippen LogP contribution in [-0.2, 0) is 6.54 Å². The van der Waals surface area contributed by atoms with Gasteiger partial charge in [-0.15, -0.1) is 0 Å². The Bertz CT molecular complexity index is 366. The van der Waals surface area contributed by atoms with E-state index in [4.69, 9.17) is 0 Å². The Labute approximate surface area is 104 Å². The van der Waals surface area contributed by atoms with Gasteiger partial charge in [0.1, 0.15) is 11.6 Å². The van der Waals surface area contributed by atoms with Crippen molar-refractivity contribution in [2.75, 3.05) is 12.4 Å². The maximum absolute atomic E-state index is 13.4. The fraction of sp³-hybridized carbons (Fsp3) is 0.500. The zero-order valence-electron chi connectivity index (χ0n) is 9.73. The summed E-state index contributed by atoms with van der Waals surface area (Å²) in [7, 11) is 1.92. The third-order valence-corrected chi connectivity index (χ3v) is 4.16. The van der Waals surface area contributed by atoms with Crippen LogP contribution in [0.2, 0.25) is 0 Å². The second-order valence-corrected chi connectivity index (χ2v) is 5.10. The molecule has 1 aromatic rings. The van der Waals surface area contributed by atoms with Gasteiger partial charge >= 0.3 is 0 Å². The van der Waals surface area contributed by atoms with Crippen LogP contribution in [0.4, 0.5) is 8.78 Å². The molecule has 0 saturated heterocycles. The minimum absolute atomic E-state index is 0.0686. The molecule has 0 N–H and O–H groups in total. The Kier molecular flexibility index (Phi) is 4.44. The van der Waals surface area contributed by atoms with Gasteiger partial charge in [-0.2, -0.15) is 0 Å². The molecule has 0 aromatic heterocycles. The number of rotatable bonds is 4. The van der Waals surface area contributed by atoms with E-state index in [1.54, 1.807) is 0 Å². The lowest BCUT2D eigenvalue weighted by Crippen LogP contribution is -2.42. The molecular formula is C12H16BrF2N. The van der Waals surface area contributed by atoms with Crippen LogP contribution in [0.5, 0.6) is 0 Å². The number of hydrogen-bond acceptors (Lipinski definition) is 1. The van der Waals surface area contributed by atoms with Crippen molar-refractivity contribution in [2.45, 2.75) is 25.9 Å². The van der Waals surface area contributed by atoms with Crippen molar-refractivity contribution in [1.82, 2.24) is 4.90 Å². The van der Waals surface area contributed by atoms with Gasteiger partial charge in [-0.3, -0.25) is 4.90 Å². The van der Waals surface area contributed by atoms with E-state index in [9.17, 15) is 8.78 Å². The highest BCUT2D eigenvalue weighted by atomic mass is 79.9. The summed E-state index contributed by atoms with van der Waals surface area (Å²) in [6.07, 6.45) is 0. The first-order valence-corrected chi connectivity index (χ1v) is 6.20. The van der Waals surface area contributed by atoms with Crippen LogP contribution in [0.3, 0.4) is 0 Å².